The molecule has 0 aliphatic rings. The predicted molar refractivity (Wildman–Crippen MR) is 7.97 cm³/mol. The molecule has 0 saturated carbocycles. The smallest absolute Gasteiger partial charge is 0.256 e. The molecular formula is HBiIO4. The molecule has 0 amide bonds. The summed E-state index contributed by atoms with van der Waals surface area (Å²) in [5, 5.41) is 0. The van der Waals surface area contributed by atoms with E-state index in [4.69, 9.17) is 13.7 Å². The zero-order valence-corrected chi connectivity index (χ0v) is 8.13. The van der Waals surface area contributed by atoms with E-state index in [1.165, 1.54) is 0 Å². The minimum absolute atomic E-state index is 0. The minimum atomic E-state index is -5.69. The van der Waals surface area contributed by atoms with Gasteiger partial charge in [-0.15, -0.1) is 0 Å². The van der Waals surface area contributed by atoms with Crippen LogP contribution in [0.1, 0.15) is 0 Å². The molecule has 0 aromatic rings. The molecule has 1 N–H and O–H groups in total. The van der Waals surface area contributed by atoms with Gasteiger partial charge in [-0.3, -0.25) is 10.3 Å². The molecule has 0 rings (SSSR count). The van der Waals surface area contributed by atoms with Crippen LogP contribution in [0, 0.1) is 0 Å². The van der Waals surface area contributed by atoms with Crippen molar-refractivity contribution in [3.63, 3.8) is 0 Å². The fourth-order valence-electron chi connectivity index (χ4n) is 0. The Morgan fingerprint density at radius 2 is 1.17 bits per heavy atom. The maximum Gasteiger partial charge on any atom is 0.368 e. The van der Waals surface area contributed by atoms with Gasteiger partial charge in [0.1, 0.15) is 0 Å². The van der Waals surface area contributed by atoms with Crippen LogP contribution < -0.4 is 30.4 Å². The van der Waals surface area contributed by atoms with Crippen LogP contribution in [0.3, 0.4) is 0 Å². The van der Waals surface area contributed by atoms with Crippen LogP contribution in [0.5, 0.6) is 0 Å². The van der Waals surface area contributed by atoms with Crippen LogP contribution in [-0.2, 0) is 0 Å². The Labute approximate surface area is 59.6 Å². The van der Waals surface area contributed by atoms with Gasteiger partial charge >= 0.3 is 20.1 Å². The molecule has 0 heterocycles. The number of rotatable bonds is 0. The van der Waals surface area contributed by atoms with Gasteiger partial charge in [-0.2, -0.15) is 0 Å². The van der Waals surface area contributed by atoms with Crippen molar-refractivity contribution in [1.29, 1.82) is 0 Å². The first-order valence-electron chi connectivity index (χ1n) is 0.632. The summed E-state index contributed by atoms with van der Waals surface area (Å²) in [6, 6.07) is 0. The predicted octanol–water partition coefficient (Wildman–Crippen LogP) is -7.50. The van der Waals surface area contributed by atoms with Gasteiger partial charge < -0.3 is 0 Å². The van der Waals surface area contributed by atoms with Gasteiger partial charge in [0.15, 0.2) is 0 Å². The van der Waals surface area contributed by atoms with Crippen molar-refractivity contribution in [3.05, 3.63) is 0 Å². The molecule has 0 aromatic heterocycles. The van der Waals surface area contributed by atoms with Crippen molar-refractivity contribution in [2.45, 2.75) is 0 Å². The van der Waals surface area contributed by atoms with Crippen LogP contribution in [0.15, 0.2) is 0 Å². The van der Waals surface area contributed by atoms with E-state index in [0.717, 1.165) is 0 Å². The first kappa shape index (κ1) is 10.4. The van der Waals surface area contributed by atoms with Crippen molar-refractivity contribution in [3.8, 4) is 0 Å². The molecule has 0 aliphatic carbocycles. The first-order chi connectivity index (χ1) is 2.00. The average Bonchev–Trinajstić information content (AvgIpc) is 0.722. The van der Waals surface area contributed by atoms with E-state index in [1.54, 1.807) is 0 Å². The Kier molecular flexibility index (Phi) is 6.01. The molecule has 0 saturated heterocycles. The van der Waals surface area contributed by atoms with E-state index < -0.39 is 20.1 Å². The molecule has 0 atom stereocenters. The van der Waals surface area contributed by atoms with E-state index in [-0.39, 0.29) is 26.2 Å². The van der Waals surface area contributed by atoms with Crippen molar-refractivity contribution in [1.82, 2.24) is 0 Å². The van der Waals surface area contributed by atoms with Crippen LogP contribution in [0.25, 0.3) is 0 Å². The van der Waals surface area contributed by atoms with E-state index in [2.05, 4.69) is 0 Å². The summed E-state index contributed by atoms with van der Waals surface area (Å²) in [5.74, 6) is 0. The molecule has 3 radical (unpaired) electrons. The Bertz CT molecular complexity index is 23.0. The minimum Gasteiger partial charge on any atom is -0.256 e. The molecule has 0 aliphatic heterocycles. The Hall–Kier alpha value is 1.45. The summed E-state index contributed by atoms with van der Waals surface area (Å²) < 4.78 is 33.2. The van der Waals surface area contributed by atoms with E-state index >= 15 is 0 Å². The molecule has 6 heteroatoms. The van der Waals surface area contributed by atoms with Crippen LogP contribution in [0.2, 0.25) is 0 Å². The van der Waals surface area contributed by atoms with Gasteiger partial charge in [0.05, 0.1) is 0 Å². The van der Waals surface area contributed by atoms with Gasteiger partial charge in [0.25, 0.3) is 0 Å². The van der Waals surface area contributed by atoms with Crippen LogP contribution in [-0.4, -0.2) is 29.6 Å². The summed E-state index contributed by atoms with van der Waals surface area (Å²) in [5.41, 5.74) is 0. The molecule has 37 valence electrons. The normalized spacial score (nSPS) is 10.0. The van der Waals surface area contributed by atoms with Crippen LogP contribution >= 0.6 is 0 Å². The topological polar surface area (TPSA) is 89.4 Å². The fraction of sp³-hybridized carbons (Fsp3) is 0. The summed E-state index contributed by atoms with van der Waals surface area (Å²) >= 11 is -5.69. The maximum atomic E-state index is 8.73. The average molecular weight is 401 g/mol. The van der Waals surface area contributed by atoms with E-state index in [0.29, 0.717) is 0 Å². The zero-order chi connectivity index (χ0) is 4.50. The van der Waals surface area contributed by atoms with Crippen molar-refractivity contribution in [2.75, 3.05) is 0 Å². The standard InChI is InChI=1S/Bi.HIO4/c;2-1(3,4)5/h;2H. The van der Waals surface area contributed by atoms with Gasteiger partial charge in [0.2, 0.25) is 0 Å². The molecule has 4 nitrogen and oxygen atoms in total. The van der Waals surface area contributed by atoms with Crippen molar-refractivity contribution < 1.29 is 33.8 Å². The Morgan fingerprint density at radius 3 is 1.17 bits per heavy atom. The summed E-state index contributed by atoms with van der Waals surface area (Å²) in [6.45, 7) is 0. The second-order valence-electron chi connectivity index (χ2n) is 0.396. The Morgan fingerprint density at radius 1 is 1.17 bits per heavy atom. The molecule has 0 fully saturated rings. The molecule has 0 aromatic carbocycles. The van der Waals surface area contributed by atoms with Gasteiger partial charge in [-0.1, -0.05) is 0 Å². The SMILES string of the molecule is [Bi].[O-][I+3]([O-])([O-])O. The fourth-order valence-corrected chi connectivity index (χ4v) is 0. The third kappa shape index (κ3) is 51.2. The van der Waals surface area contributed by atoms with Crippen molar-refractivity contribution in [2.24, 2.45) is 0 Å². The second-order valence-corrected chi connectivity index (χ2v) is 2.66. The number of hydrogen-bond donors (Lipinski definition) is 1. The molecule has 0 unspecified atom stereocenters. The summed E-state index contributed by atoms with van der Waals surface area (Å²) in [4.78, 5) is 0. The second kappa shape index (κ2) is 3.45. The van der Waals surface area contributed by atoms with Gasteiger partial charge in [-0.25, -0.2) is 0 Å². The van der Waals surface area contributed by atoms with Gasteiger partial charge in [0, 0.05) is 29.6 Å². The molecule has 6 heavy (non-hydrogen) atoms. The molecule has 0 spiro atoms. The molecular weight excluding hydrogens is 400 g/mol. The third-order valence-electron chi connectivity index (χ3n) is 0. The summed E-state index contributed by atoms with van der Waals surface area (Å²) in [6.07, 6.45) is 0. The first-order valence-corrected chi connectivity index (χ1v) is 4.24. The number of hydrogen-bond acceptors (Lipinski definition) is 4. The van der Waals surface area contributed by atoms with E-state index in [9.17, 15) is 0 Å². The summed E-state index contributed by atoms with van der Waals surface area (Å²) in [7, 11) is 0. The van der Waals surface area contributed by atoms with Crippen molar-refractivity contribution >= 4 is 26.2 Å². The molecule has 0 bridgehead atoms. The largest absolute Gasteiger partial charge is 0.368 e. The zero-order valence-electron chi connectivity index (χ0n) is 2.50. The number of halogens is 1. The third-order valence-corrected chi connectivity index (χ3v) is 0. The maximum absolute atomic E-state index is 8.73. The Balaban J connectivity index is 0. The monoisotopic (exact) mass is 401 g/mol. The quantitative estimate of drug-likeness (QED) is 0.323. The van der Waals surface area contributed by atoms with E-state index in [1.807, 2.05) is 0 Å². The van der Waals surface area contributed by atoms with Crippen LogP contribution in [0.4, 0.5) is 0 Å². The van der Waals surface area contributed by atoms with Gasteiger partial charge in [-0.05, 0) is 0 Å².